The van der Waals surface area contributed by atoms with E-state index < -0.39 is 0 Å². The summed E-state index contributed by atoms with van der Waals surface area (Å²) in [4.78, 5) is 12.0. The highest BCUT2D eigenvalue weighted by Gasteiger charge is 2.23. The average Bonchev–Trinajstić information content (AvgIpc) is 2.28. The molecule has 17 heavy (non-hydrogen) atoms. The zero-order chi connectivity index (χ0) is 13.1. The van der Waals surface area contributed by atoms with Crippen molar-refractivity contribution >= 4 is 5.91 Å². The molecular formula is C13H19NO3. The van der Waals surface area contributed by atoms with Gasteiger partial charge in [0.2, 0.25) is 0 Å². The summed E-state index contributed by atoms with van der Waals surface area (Å²) in [5, 5.41) is 21.6. The van der Waals surface area contributed by atoms with Gasteiger partial charge >= 0.3 is 0 Å². The number of rotatable bonds is 4. The third-order valence-corrected chi connectivity index (χ3v) is 3.20. The summed E-state index contributed by atoms with van der Waals surface area (Å²) >= 11 is 0. The Hall–Kier alpha value is -1.71. The van der Waals surface area contributed by atoms with E-state index in [-0.39, 0.29) is 28.5 Å². The van der Waals surface area contributed by atoms with Crippen LogP contribution in [0.3, 0.4) is 0 Å². The van der Waals surface area contributed by atoms with E-state index in [4.69, 9.17) is 5.11 Å². The molecule has 0 spiro atoms. The standard InChI is InChI=1S/C13H19NO3/c1-4-13(3,5-2)14-12(17)10-7-6-9(15)8-11(10)16/h6-8,15-16H,4-5H2,1-3H3,(H,14,17). The van der Waals surface area contributed by atoms with Gasteiger partial charge in [0.15, 0.2) is 0 Å². The Labute approximate surface area is 101 Å². The fourth-order valence-corrected chi connectivity index (χ4v) is 1.48. The predicted octanol–water partition coefficient (Wildman–Crippen LogP) is 2.41. The Morgan fingerprint density at radius 3 is 2.35 bits per heavy atom. The molecule has 0 aliphatic heterocycles. The van der Waals surface area contributed by atoms with Crippen LogP contribution in [0, 0.1) is 0 Å². The first-order valence-electron chi connectivity index (χ1n) is 5.76. The molecule has 0 aromatic heterocycles. The maximum absolute atomic E-state index is 12.0. The molecule has 0 heterocycles. The summed E-state index contributed by atoms with van der Waals surface area (Å²) in [7, 11) is 0. The number of benzene rings is 1. The summed E-state index contributed by atoms with van der Waals surface area (Å²) in [5.41, 5.74) is -0.0996. The minimum atomic E-state index is -0.325. The topological polar surface area (TPSA) is 69.6 Å². The first kappa shape index (κ1) is 13.4. The Balaban J connectivity index is 2.90. The fourth-order valence-electron chi connectivity index (χ4n) is 1.48. The Morgan fingerprint density at radius 1 is 1.29 bits per heavy atom. The summed E-state index contributed by atoms with van der Waals surface area (Å²) in [6.45, 7) is 5.96. The van der Waals surface area contributed by atoms with Gasteiger partial charge < -0.3 is 15.5 Å². The van der Waals surface area contributed by atoms with Crippen molar-refractivity contribution in [3.8, 4) is 11.5 Å². The number of aromatic hydroxyl groups is 2. The molecule has 3 N–H and O–H groups in total. The molecule has 0 aliphatic carbocycles. The SMILES string of the molecule is CCC(C)(CC)NC(=O)c1ccc(O)cc1O. The zero-order valence-electron chi connectivity index (χ0n) is 10.4. The lowest BCUT2D eigenvalue weighted by Gasteiger charge is -2.28. The Kier molecular flexibility index (Phi) is 3.99. The molecule has 0 unspecified atom stereocenters. The van der Waals surface area contributed by atoms with Crippen LogP contribution in [-0.4, -0.2) is 21.7 Å². The highest BCUT2D eigenvalue weighted by atomic mass is 16.3. The zero-order valence-corrected chi connectivity index (χ0v) is 10.4. The number of nitrogens with one attached hydrogen (secondary N) is 1. The predicted molar refractivity (Wildman–Crippen MR) is 66.2 cm³/mol. The van der Waals surface area contributed by atoms with Crippen LogP contribution < -0.4 is 5.32 Å². The summed E-state index contributed by atoms with van der Waals surface area (Å²) in [6, 6.07) is 3.94. The van der Waals surface area contributed by atoms with Crippen LogP contribution in [0.5, 0.6) is 11.5 Å². The summed E-state index contributed by atoms with van der Waals surface area (Å²) < 4.78 is 0. The molecule has 0 fully saturated rings. The lowest BCUT2D eigenvalue weighted by atomic mass is 9.95. The van der Waals surface area contributed by atoms with E-state index in [0.717, 1.165) is 18.9 Å². The molecule has 0 saturated heterocycles. The van der Waals surface area contributed by atoms with E-state index in [1.807, 2.05) is 20.8 Å². The minimum Gasteiger partial charge on any atom is -0.508 e. The van der Waals surface area contributed by atoms with Gasteiger partial charge in [-0.1, -0.05) is 13.8 Å². The average molecular weight is 237 g/mol. The number of carbonyl (C=O) groups is 1. The smallest absolute Gasteiger partial charge is 0.255 e. The van der Waals surface area contributed by atoms with Crippen molar-refractivity contribution in [2.24, 2.45) is 0 Å². The van der Waals surface area contributed by atoms with E-state index in [1.54, 1.807) is 0 Å². The van der Waals surface area contributed by atoms with Crippen LogP contribution >= 0.6 is 0 Å². The second-order valence-corrected chi connectivity index (χ2v) is 4.42. The number of hydrogen-bond acceptors (Lipinski definition) is 3. The largest absolute Gasteiger partial charge is 0.508 e. The molecular weight excluding hydrogens is 218 g/mol. The molecule has 0 radical (unpaired) electrons. The van der Waals surface area contributed by atoms with Crippen molar-refractivity contribution in [3.05, 3.63) is 23.8 Å². The second-order valence-electron chi connectivity index (χ2n) is 4.42. The second kappa shape index (κ2) is 5.08. The highest BCUT2D eigenvalue weighted by molar-refractivity contribution is 5.97. The van der Waals surface area contributed by atoms with Crippen LogP contribution in [-0.2, 0) is 0 Å². The van der Waals surface area contributed by atoms with Gasteiger partial charge in [-0.25, -0.2) is 0 Å². The van der Waals surface area contributed by atoms with Crippen LogP contribution in [0.4, 0.5) is 0 Å². The number of phenols is 2. The molecule has 0 saturated carbocycles. The quantitative estimate of drug-likeness (QED) is 0.753. The van der Waals surface area contributed by atoms with E-state index in [2.05, 4.69) is 5.32 Å². The minimum absolute atomic E-state index is 0.0622. The number of phenolic OH excluding ortho intramolecular Hbond substituents is 2. The van der Waals surface area contributed by atoms with Crippen LogP contribution in [0.2, 0.25) is 0 Å². The Morgan fingerprint density at radius 2 is 1.88 bits per heavy atom. The van der Waals surface area contributed by atoms with Crippen molar-refractivity contribution in [2.75, 3.05) is 0 Å². The van der Waals surface area contributed by atoms with Gasteiger partial charge in [-0.15, -0.1) is 0 Å². The molecule has 0 aliphatic rings. The first-order chi connectivity index (χ1) is 7.91. The number of hydrogen-bond donors (Lipinski definition) is 3. The normalized spacial score (nSPS) is 11.2. The highest BCUT2D eigenvalue weighted by Crippen LogP contribution is 2.23. The van der Waals surface area contributed by atoms with Crippen molar-refractivity contribution in [1.29, 1.82) is 0 Å². The third kappa shape index (κ3) is 3.12. The molecule has 1 rings (SSSR count). The number of amides is 1. The number of carbonyl (C=O) groups excluding carboxylic acids is 1. The van der Waals surface area contributed by atoms with Gasteiger partial charge in [-0.05, 0) is 31.9 Å². The van der Waals surface area contributed by atoms with Gasteiger partial charge in [-0.3, -0.25) is 4.79 Å². The molecule has 0 bridgehead atoms. The molecule has 4 nitrogen and oxygen atoms in total. The molecule has 4 heteroatoms. The monoisotopic (exact) mass is 237 g/mol. The maximum Gasteiger partial charge on any atom is 0.255 e. The molecule has 1 aromatic rings. The van der Waals surface area contributed by atoms with E-state index in [1.165, 1.54) is 12.1 Å². The van der Waals surface area contributed by atoms with E-state index in [0.29, 0.717) is 0 Å². The fraction of sp³-hybridized carbons (Fsp3) is 0.462. The van der Waals surface area contributed by atoms with Gasteiger partial charge in [0, 0.05) is 11.6 Å². The molecule has 0 atom stereocenters. The van der Waals surface area contributed by atoms with Gasteiger partial charge in [0.25, 0.3) is 5.91 Å². The van der Waals surface area contributed by atoms with Crippen molar-refractivity contribution in [2.45, 2.75) is 39.2 Å². The lowest BCUT2D eigenvalue weighted by molar-refractivity contribution is 0.0898. The van der Waals surface area contributed by atoms with Gasteiger partial charge in [0.1, 0.15) is 11.5 Å². The van der Waals surface area contributed by atoms with Crippen LogP contribution in [0.15, 0.2) is 18.2 Å². The van der Waals surface area contributed by atoms with Crippen LogP contribution in [0.1, 0.15) is 44.0 Å². The van der Waals surface area contributed by atoms with Crippen molar-refractivity contribution < 1.29 is 15.0 Å². The van der Waals surface area contributed by atoms with E-state index in [9.17, 15) is 9.90 Å². The van der Waals surface area contributed by atoms with Crippen molar-refractivity contribution in [3.63, 3.8) is 0 Å². The third-order valence-electron chi connectivity index (χ3n) is 3.20. The van der Waals surface area contributed by atoms with Crippen LogP contribution in [0.25, 0.3) is 0 Å². The van der Waals surface area contributed by atoms with Gasteiger partial charge in [0.05, 0.1) is 5.56 Å². The lowest BCUT2D eigenvalue weighted by Crippen LogP contribution is -2.44. The maximum atomic E-state index is 12.0. The summed E-state index contributed by atoms with van der Waals surface area (Å²) in [5.74, 6) is -0.599. The first-order valence-corrected chi connectivity index (χ1v) is 5.76. The Bertz CT molecular complexity index is 411. The molecule has 1 amide bonds. The molecule has 94 valence electrons. The molecule has 1 aromatic carbocycles. The van der Waals surface area contributed by atoms with Crippen molar-refractivity contribution in [1.82, 2.24) is 5.32 Å². The van der Waals surface area contributed by atoms with Gasteiger partial charge in [-0.2, -0.15) is 0 Å². The summed E-state index contributed by atoms with van der Waals surface area (Å²) in [6.07, 6.45) is 1.63. The van der Waals surface area contributed by atoms with E-state index >= 15 is 0 Å².